The summed E-state index contributed by atoms with van der Waals surface area (Å²) in [4.78, 5) is 16.0. The summed E-state index contributed by atoms with van der Waals surface area (Å²) >= 11 is 0. The molecule has 0 bridgehead atoms. The summed E-state index contributed by atoms with van der Waals surface area (Å²) in [6.45, 7) is 1.13. The predicted molar refractivity (Wildman–Crippen MR) is 109 cm³/mol. The quantitative estimate of drug-likeness (QED) is 0.648. The molecule has 10 heteroatoms. The van der Waals surface area contributed by atoms with Gasteiger partial charge in [-0.25, -0.2) is 8.42 Å². The molecule has 1 aromatic carbocycles. The number of hydrogen-bond acceptors (Lipinski definition) is 6. The first-order valence-corrected chi connectivity index (χ1v) is 11.0. The number of aromatic nitrogens is 4. The maximum atomic E-state index is 13.1. The highest BCUT2D eigenvalue weighted by Gasteiger charge is 2.28. The Morgan fingerprint density at radius 3 is 2.60 bits per heavy atom. The molecule has 9 nitrogen and oxygen atoms in total. The van der Waals surface area contributed by atoms with Crippen molar-refractivity contribution in [2.75, 3.05) is 20.1 Å². The number of carbonyl (C=O) groups excluding carboxylic acids is 1. The molecule has 0 atom stereocenters. The van der Waals surface area contributed by atoms with E-state index in [9.17, 15) is 13.2 Å². The Morgan fingerprint density at radius 2 is 1.90 bits per heavy atom. The lowest BCUT2D eigenvalue weighted by Gasteiger charge is -2.20. The first kappa shape index (κ1) is 20.2. The number of nitrogens with zero attached hydrogens (tertiary/aromatic N) is 5. The van der Waals surface area contributed by atoms with Gasteiger partial charge in [0.1, 0.15) is 11.6 Å². The van der Waals surface area contributed by atoms with Crippen molar-refractivity contribution in [1.82, 2.24) is 29.4 Å². The van der Waals surface area contributed by atoms with Crippen LogP contribution >= 0.6 is 0 Å². The number of pyridine rings is 1. The average molecular weight is 427 g/mol. The topological polar surface area (TPSA) is 110 Å². The summed E-state index contributed by atoms with van der Waals surface area (Å²) in [5.41, 5.74) is 1.44. The molecule has 0 radical (unpaired) electrons. The van der Waals surface area contributed by atoms with E-state index in [1.54, 1.807) is 12.4 Å². The van der Waals surface area contributed by atoms with Gasteiger partial charge in [-0.15, -0.1) is 10.2 Å². The van der Waals surface area contributed by atoms with Crippen LogP contribution in [0.15, 0.2) is 53.7 Å². The Bertz CT molecular complexity index is 1140. The van der Waals surface area contributed by atoms with Crippen molar-refractivity contribution in [2.24, 2.45) is 0 Å². The highest BCUT2D eigenvalue weighted by atomic mass is 32.2. The lowest BCUT2D eigenvalue weighted by molar-refractivity contribution is 0.0963. The molecule has 0 fully saturated rings. The SMILES string of the molecule is CNC(=O)c1ccc(S(=O)(=O)N2CCc3nnc(Cc4cccnc4)n3CC2)cc1. The summed E-state index contributed by atoms with van der Waals surface area (Å²) in [6.07, 6.45) is 4.58. The van der Waals surface area contributed by atoms with Gasteiger partial charge in [0.2, 0.25) is 10.0 Å². The van der Waals surface area contributed by atoms with E-state index in [0.717, 1.165) is 17.2 Å². The molecule has 4 rings (SSSR count). The van der Waals surface area contributed by atoms with Gasteiger partial charge in [-0.1, -0.05) is 6.07 Å². The van der Waals surface area contributed by atoms with E-state index in [1.165, 1.54) is 35.6 Å². The molecule has 3 aromatic rings. The van der Waals surface area contributed by atoms with Gasteiger partial charge in [0.05, 0.1) is 4.90 Å². The molecule has 30 heavy (non-hydrogen) atoms. The summed E-state index contributed by atoms with van der Waals surface area (Å²) in [7, 11) is -2.14. The molecule has 0 saturated carbocycles. The van der Waals surface area contributed by atoms with Crippen molar-refractivity contribution >= 4 is 15.9 Å². The van der Waals surface area contributed by atoms with E-state index in [2.05, 4.69) is 20.5 Å². The molecule has 0 aliphatic carbocycles. The monoisotopic (exact) mass is 426 g/mol. The zero-order valence-corrected chi connectivity index (χ0v) is 17.3. The summed E-state index contributed by atoms with van der Waals surface area (Å²) in [6, 6.07) is 9.83. The van der Waals surface area contributed by atoms with Crippen molar-refractivity contribution in [3.8, 4) is 0 Å². The normalized spacial score (nSPS) is 14.7. The van der Waals surface area contributed by atoms with Gasteiger partial charge in [0.15, 0.2) is 0 Å². The van der Waals surface area contributed by atoms with Gasteiger partial charge in [-0.05, 0) is 35.9 Å². The number of nitrogens with one attached hydrogen (secondary N) is 1. The second kappa shape index (κ2) is 8.33. The fourth-order valence-corrected chi connectivity index (χ4v) is 4.92. The smallest absolute Gasteiger partial charge is 0.251 e. The van der Waals surface area contributed by atoms with Gasteiger partial charge < -0.3 is 9.88 Å². The molecule has 0 saturated heterocycles. The fourth-order valence-electron chi connectivity index (χ4n) is 3.49. The number of rotatable bonds is 5. The van der Waals surface area contributed by atoms with Crippen LogP contribution in [0.25, 0.3) is 0 Å². The van der Waals surface area contributed by atoms with E-state index < -0.39 is 10.0 Å². The molecular weight excluding hydrogens is 404 g/mol. The number of sulfonamides is 1. The van der Waals surface area contributed by atoms with Crippen molar-refractivity contribution in [1.29, 1.82) is 0 Å². The van der Waals surface area contributed by atoms with Crippen LogP contribution in [0, 0.1) is 0 Å². The Morgan fingerprint density at radius 1 is 1.10 bits per heavy atom. The zero-order valence-electron chi connectivity index (χ0n) is 16.5. The lowest BCUT2D eigenvalue weighted by Crippen LogP contribution is -2.34. The first-order valence-electron chi connectivity index (χ1n) is 9.61. The zero-order chi connectivity index (χ0) is 21.1. The van der Waals surface area contributed by atoms with Crippen LogP contribution in [-0.2, 0) is 29.4 Å². The van der Waals surface area contributed by atoms with Crippen LogP contribution in [0.5, 0.6) is 0 Å². The lowest BCUT2D eigenvalue weighted by atomic mass is 10.2. The third kappa shape index (κ3) is 3.96. The second-order valence-electron chi connectivity index (χ2n) is 6.98. The van der Waals surface area contributed by atoms with Crippen molar-refractivity contribution in [2.45, 2.75) is 24.3 Å². The van der Waals surface area contributed by atoms with Gasteiger partial charge in [-0.3, -0.25) is 9.78 Å². The van der Waals surface area contributed by atoms with E-state index in [4.69, 9.17) is 0 Å². The number of fused-ring (bicyclic) bond motifs is 1. The number of amides is 1. The number of hydrogen-bond donors (Lipinski definition) is 1. The number of carbonyl (C=O) groups is 1. The molecule has 156 valence electrons. The molecular formula is C20H22N6O3S. The number of benzene rings is 1. The van der Waals surface area contributed by atoms with Gasteiger partial charge in [0, 0.05) is 57.5 Å². The van der Waals surface area contributed by atoms with Crippen molar-refractivity contribution < 1.29 is 13.2 Å². The van der Waals surface area contributed by atoms with E-state index in [-0.39, 0.29) is 10.8 Å². The maximum Gasteiger partial charge on any atom is 0.251 e. The third-order valence-electron chi connectivity index (χ3n) is 5.13. The standard InChI is InChI=1S/C20H22N6O3S/c1-21-20(27)16-4-6-17(7-5-16)30(28,29)25-10-8-18-23-24-19(26(18)12-11-25)13-15-3-2-9-22-14-15/h2-7,9,14H,8,10-13H2,1H3,(H,21,27). The summed E-state index contributed by atoms with van der Waals surface area (Å²) in [5.74, 6) is 1.32. The second-order valence-corrected chi connectivity index (χ2v) is 8.92. The van der Waals surface area contributed by atoms with E-state index in [1.807, 2.05) is 16.7 Å². The van der Waals surface area contributed by atoms with Crippen LogP contribution in [-0.4, -0.2) is 58.5 Å². The Hall–Kier alpha value is -3.11. The van der Waals surface area contributed by atoms with Crippen LogP contribution in [0.1, 0.15) is 27.6 Å². The van der Waals surface area contributed by atoms with Crippen LogP contribution in [0.3, 0.4) is 0 Å². The van der Waals surface area contributed by atoms with Crippen molar-refractivity contribution in [3.05, 3.63) is 71.6 Å². The van der Waals surface area contributed by atoms with E-state index in [0.29, 0.717) is 38.0 Å². The highest BCUT2D eigenvalue weighted by Crippen LogP contribution is 2.20. The Balaban J connectivity index is 1.51. The minimum absolute atomic E-state index is 0.170. The molecule has 2 aromatic heterocycles. The van der Waals surface area contributed by atoms with Crippen molar-refractivity contribution in [3.63, 3.8) is 0 Å². The van der Waals surface area contributed by atoms with Crippen LogP contribution < -0.4 is 5.32 Å². The molecule has 1 aliphatic rings. The molecule has 0 unspecified atom stereocenters. The first-order chi connectivity index (χ1) is 14.5. The fraction of sp³-hybridized carbons (Fsp3) is 0.300. The Labute approximate surface area is 174 Å². The highest BCUT2D eigenvalue weighted by molar-refractivity contribution is 7.89. The maximum absolute atomic E-state index is 13.1. The Kier molecular flexibility index (Phi) is 5.60. The molecule has 1 N–H and O–H groups in total. The molecule has 0 spiro atoms. The van der Waals surface area contributed by atoms with E-state index >= 15 is 0 Å². The van der Waals surface area contributed by atoms with Gasteiger partial charge >= 0.3 is 0 Å². The summed E-state index contributed by atoms with van der Waals surface area (Å²) < 4.78 is 29.7. The molecule has 1 aliphatic heterocycles. The average Bonchev–Trinajstić information content (AvgIpc) is 3.01. The van der Waals surface area contributed by atoms with Gasteiger partial charge in [0.25, 0.3) is 5.91 Å². The van der Waals surface area contributed by atoms with Crippen LogP contribution in [0.2, 0.25) is 0 Å². The third-order valence-corrected chi connectivity index (χ3v) is 7.04. The van der Waals surface area contributed by atoms with Gasteiger partial charge in [-0.2, -0.15) is 4.31 Å². The molecule has 3 heterocycles. The summed E-state index contributed by atoms with van der Waals surface area (Å²) in [5, 5.41) is 11.1. The molecule has 1 amide bonds. The predicted octanol–water partition coefficient (Wildman–Crippen LogP) is 0.870. The minimum atomic E-state index is -3.67. The van der Waals surface area contributed by atoms with Crippen LogP contribution in [0.4, 0.5) is 0 Å². The largest absolute Gasteiger partial charge is 0.355 e. The minimum Gasteiger partial charge on any atom is -0.355 e.